The van der Waals surface area contributed by atoms with E-state index >= 15 is 0 Å². The Balaban J connectivity index is 0. The fraction of sp³-hybridized carbons (Fsp3) is 0.750. The van der Waals surface area contributed by atoms with Crippen LogP contribution in [0.2, 0.25) is 0 Å². The molecule has 1 N–H and O–H groups in total. The summed E-state index contributed by atoms with van der Waals surface area (Å²) in [5.74, 6) is -1.80. The Labute approximate surface area is 120 Å². The second kappa shape index (κ2) is 9.14. The molecule has 0 amide bonds. The third-order valence-electron chi connectivity index (χ3n) is 1.50. The predicted octanol–water partition coefficient (Wildman–Crippen LogP) is 0.544. The van der Waals surface area contributed by atoms with Crippen LogP contribution in [0, 0.1) is 0 Å². The zero-order chi connectivity index (χ0) is 9.56. The number of ether oxygens (including phenoxy) is 1. The van der Waals surface area contributed by atoms with Gasteiger partial charge in [-0.2, -0.15) is 0 Å². The molecule has 5 heteroatoms. The molecule has 0 spiro atoms. The first-order valence-corrected chi connectivity index (χ1v) is 4.01. The van der Waals surface area contributed by atoms with Crippen LogP contribution >= 0.6 is 0 Å². The summed E-state index contributed by atoms with van der Waals surface area (Å²) in [6.45, 7) is 3.78. The number of carbonyl (C=O) groups is 2. The van der Waals surface area contributed by atoms with Crippen LogP contribution in [0.4, 0.5) is 0 Å². The van der Waals surface area contributed by atoms with Gasteiger partial charge < -0.3 is 9.84 Å². The first kappa shape index (κ1) is 16.0. The minimum absolute atomic E-state index is 0. The minimum atomic E-state index is -1.15. The van der Waals surface area contributed by atoms with E-state index in [1.54, 1.807) is 0 Å². The van der Waals surface area contributed by atoms with Crippen LogP contribution in [-0.4, -0.2) is 74.5 Å². The van der Waals surface area contributed by atoms with Crippen molar-refractivity contribution in [2.45, 2.75) is 39.2 Å². The fourth-order valence-electron chi connectivity index (χ4n) is 0.806. The van der Waals surface area contributed by atoms with E-state index in [-0.39, 0.29) is 57.5 Å². The molecule has 0 fully saturated rings. The molecule has 0 saturated heterocycles. The van der Waals surface area contributed by atoms with Gasteiger partial charge in [0.05, 0.1) is 0 Å². The Hall–Kier alpha value is 0.576. The predicted molar refractivity (Wildman–Crippen MR) is 49.9 cm³/mol. The van der Waals surface area contributed by atoms with E-state index in [1.165, 1.54) is 0 Å². The van der Waals surface area contributed by atoms with Crippen molar-refractivity contribution in [3.8, 4) is 0 Å². The van der Waals surface area contributed by atoms with E-state index in [0.29, 0.717) is 0 Å². The molecule has 0 saturated carbocycles. The van der Waals surface area contributed by atoms with Crippen molar-refractivity contribution in [1.82, 2.24) is 0 Å². The molecule has 0 heterocycles. The molecular formula is C8H15KO4. The maximum absolute atomic E-state index is 10.8. The third-order valence-corrected chi connectivity index (χ3v) is 1.50. The van der Waals surface area contributed by atoms with Crippen molar-refractivity contribution in [3.05, 3.63) is 0 Å². The normalized spacial score (nSPS) is 9.15. The van der Waals surface area contributed by atoms with Crippen molar-refractivity contribution in [2.24, 2.45) is 0 Å². The van der Waals surface area contributed by atoms with Crippen molar-refractivity contribution < 1.29 is 19.4 Å². The summed E-state index contributed by atoms with van der Waals surface area (Å²) >= 11 is 0. The molecule has 0 aromatic rings. The molecule has 0 radical (unpaired) electrons. The molecule has 0 bridgehead atoms. The van der Waals surface area contributed by atoms with Gasteiger partial charge in [-0.1, -0.05) is 13.8 Å². The van der Waals surface area contributed by atoms with Crippen molar-refractivity contribution in [2.75, 3.05) is 0 Å². The zero-order valence-electron chi connectivity index (χ0n) is 7.37. The Morgan fingerprint density at radius 1 is 1.31 bits per heavy atom. The summed E-state index contributed by atoms with van der Waals surface area (Å²) in [5, 5.41) is 8.24. The van der Waals surface area contributed by atoms with E-state index in [4.69, 9.17) is 9.84 Å². The number of hydrogen-bond acceptors (Lipinski definition) is 3. The number of rotatable bonds is 5. The molecule has 0 aromatic carbocycles. The van der Waals surface area contributed by atoms with Crippen LogP contribution in [0.15, 0.2) is 0 Å². The summed E-state index contributed by atoms with van der Waals surface area (Å²) in [7, 11) is 0. The van der Waals surface area contributed by atoms with Gasteiger partial charge >= 0.3 is 63.3 Å². The van der Waals surface area contributed by atoms with Gasteiger partial charge in [0, 0.05) is 0 Å². The van der Waals surface area contributed by atoms with Crippen LogP contribution in [0.5, 0.6) is 0 Å². The molecule has 0 aliphatic rings. The molecule has 0 aliphatic carbocycles. The van der Waals surface area contributed by atoms with Gasteiger partial charge in [0.1, 0.15) is 12.5 Å². The second-order valence-electron chi connectivity index (χ2n) is 2.50. The first-order chi connectivity index (χ1) is 5.60. The average Bonchev–Trinajstić information content (AvgIpc) is 1.98. The van der Waals surface area contributed by atoms with Gasteiger partial charge in [-0.3, -0.25) is 9.59 Å². The van der Waals surface area contributed by atoms with Crippen LogP contribution in [0.3, 0.4) is 0 Å². The topological polar surface area (TPSA) is 63.6 Å². The van der Waals surface area contributed by atoms with Gasteiger partial charge in [-0.15, -0.1) is 0 Å². The zero-order valence-corrected chi connectivity index (χ0v) is 7.37. The first-order valence-electron chi connectivity index (χ1n) is 4.01. The number of hydrogen-bond donors (Lipinski definition) is 1. The Morgan fingerprint density at radius 2 is 1.77 bits per heavy atom. The summed E-state index contributed by atoms with van der Waals surface area (Å²) in [5.41, 5.74) is 0. The molecule has 0 aromatic heterocycles. The van der Waals surface area contributed by atoms with Crippen LogP contribution < -0.4 is 0 Å². The van der Waals surface area contributed by atoms with Gasteiger partial charge in [-0.05, 0) is 12.8 Å². The maximum atomic E-state index is 10.8. The number of carbonyl (C=O) groups excluding carboxylic acids is 1. The van der Waals surface area contributed by atoms with Gasteiger partial charge in [-0.25, -0.2) is 0 Å². The van der Waals surface area contributed by atoms with Crippen molar-refractivity contribution in [3.63, 3.8) is 0 Å². The second-order valence-corrected chi connectivity index (χ2v) is 2.50. The fourth-order valence-corrected chi connectivity index (χ4v) is 0.806. The molecule has 0 rings (SSSR count). The molecule has 13 heavy (non-hydrogen) atoms. The molecular weight excluding hydrogens is 199 g/mol. The molecule has 0 aliphatic heterocycles. The van der Waals surface area contributed by atoms with Gasteiger partial charge in [0.25, 0.3) is 0 Å². The monoisotopic (exact) mass is 214 g/mol. The summed E-state index contributed by atoms with van der Waals surface area (Å²) in [4.78, 5) is 20.8. The Kier molecular flexibility index (Phi) is 11.3. The SMILES string of the molecule is CCC(CC)OC(=O)CC(=O)O.[KH]. The number of carboxylic acid groups (broad SMARTS) is 1. The van der Waals surface area contributed by atoms with Crippen molar-refractivity contribution >= 4 is 63.3 Å². The summed E-state index contributed by atoms with van der Waals surface area (Å²) < 4.78 is 4.84. The molecule has 0 atom stereocenters. The summed E-state index contributed by atoms with van der Waals surface area (Å²) in [6.07, 6.45) is 0.761. The van der Waals surface area contributed by atoms with Crippen LogP contribution in [0.1, 0.15) is 33.1 Å². The van der Waals surface area contributed by atoms with E-state index in [2.05, 4.69) is 0 Å². The average molecular weight is 214 g/mol. The van der Waals surface area contributed by atoms with Gasteiger partial charge in [0.2, 0.25) is 0 Å². The number of esters is 1. The van der Waals surface area contributed by atoms with E-state index in [0.717, 1.165) is 12.8 Å². The number of aliphatic carboxylic acids is 1. The standard InChI is InChI=1S/C8H14O4.K.H/c1-3-6(4-2)12-8(11)5-7(9)10;;/h6H,3-5H2,1-2H3,(H,9,10);;. The Morgan fingerprint density at radius 3 is 2.08 bits per heavy atom. The van der Waals surface area contributed by atoms with Crippen LogP contribution in [0.25, 0.3) is 0 Å². The van der Waals surface area contributed by atoms with Crippen molar-refractivity contribution in [1.29, 1.82) is 0 Å². The van der Waals surface area contributed by atoms with E-state index < -0.39 is 18.4 Å². The molecule has 0 unspecified atom stereocenters. The number of carboxylic acids is 1. The quantitative estimate of drug-likeness (QED) is 0.412. The van der Waals surface area contributed by atoms with E-state index in [9.17, 15) is 9.59 Å². The summed E-state index contributed by atoms with van der Waals surface area (Å²) in [6, 6.07) is 0. The van der Waals surface area contributed by atoms with Gasteiger partial charge in [0.15, 0.2) is 0 Å². The third kappa shape index (κ3) is 8.89. The van der Waals surface area contributed by atoms with Crippen LogP contribution in [-0.2, 0) is 14.3 Å². The Bertz CT molecular complexity index is 166. The molecule has 72 valence electrons. The molecule has 4 nitrogen and oxygen atoms in total. The van der Waals surface area contributed by atoms with E-state index in [1.807, 2.05) is 13.8 Å².